The van der Waals surface area contributed by atoms with Gasteiger partial charge in [0.05, 0.1) is 6.42 Å². The number of hydrogen-bond acceptors (Lipinski definition) is 4. The van der Waals surface area contributed by atoms with E-state index in [0.717, 1.165) is 12.8 Å². The lowest BCUT2D eigenvalue weighted by Crippen LogP contribution is -2.08. The molecule has 1 fully saturated rings. The van der Waals surface area contributed by atoms with Crippen molar-refractivity contribution in [1.29, 1.82) is 0 Å². The third kappa shape index (κ3) is 4.01. The van der Waals surface area contributed by atoms with Crippen LogP contribution in [-0.2, 0) is 9.63 Å². The predicted octanol–water partition coefficient (Wildman–Crippen LogP) is 2.57. The Morgan fingerprint density at radius 3 is 2.38 bits per heavy atom. The summed E-state index contributed by atoms with van der Waals surface area (Å²) >= 11 is 0. The van der Waals surface area contributed by atoms with Gasteiger partial charge in [-0.25, -0.2) is 4.79 Å². The molecule has 1 aliphatic rings. The molecule has 4 nitrogen and oxygen atoms in total. The second kappa shape index (κ2) is 5.67. The van der Waals surface area contributed by atoms with Gasteiger partial charge in [0.1, 0.15) is 0 Å². The summed E-state index contributed by atoms with van der Waals surface area (Å²) in [5.74, 6) is -0.0846. The largest absolute Gasteiger partial charge is 0.338 e. The fraction of sp³-hybridized carbons (Fsp3) is 0.889. The maximum absolute atomic E-state index is 10.9. The molecule has 13 heavy (non-hydrogen) atoms. The molecule has 74 valence electrons. The summed E-state index contributed by atoms with van der Waals surface area (Å²) in [6.07, 6.45) is 7.40. The van der Waals surface area contributed by atoms with E-state index in [1.165, 1.54) is 25.7 Å². The molecule has 0 aliphatic heterocycles. The lowest BCUT2D eigenvalue weighted by atomic mass is 9.97. The Balaban J connectivity index is 2.25. The van der Waals surface area contributed by atoms with Crippen molar-refractivity contribution in [1.82, 2.24) is 0 Å². The van der Waals surface area contributed by atoms with E-state index in [9.17, 15) is 9.70 Å². The molecule has 1 aliphatic carbocycles. The highest BCUT2D eigenvalue weighted by atomic mass is 16.7. The molecule has 0 unspecified atom stereocenters. The summed E-state index contributed by atoms with van der Waals surface area (Å²) in [7, 11) is 0. The molecule has 0 aromatic rings. The van der Waals surface area contributed by atoms with Gasteiger partial charge in [-0.2, -0.15) is 0 Å². The summed E-state index contributed by atoms with van der Waals surface area (Å²) in [4.78, 5) is 24.6. The lowest BCUT2D eigenvalue weighted by molar-refractivity contribution is -0.145. The van der Waals surface area contributed by atoms with Crippen LogP contribution < -0.4 is 0 Å². The van der Waals surface area contributed by atoms with Gasteiger partial charge in [0.2, 0.25) is 0 Å². The van der Waals surface area contributed by atoms with Crippen LogP contribution in [-0.4, -0.2) is 5.97 Å². The van der Waals surface area contributed by atoms with Crippen LogP contribution in [0.4, 0.5) is 0 Å². The quantitative estimate of drug-likeness (QED) is 0.385. The zero-order valence-corrected chi connectivity index (χ0v) is 7.70. The van der Waals surface area contributed by atoms with Gasteiger partial charge in [-0.1, -0.05) is 25.7 Å². The molecule has 1 saturated carbocycles. The summed E-state index contributed by atoms with van der Waals surface area (Å²) in [6, 6.07) is 0. The van der Waals surface area contributed by atoms with Gasteiger partial charge >= 0.3 is 5.97 Å². The molecular weight excluding hydrogens is 170 g/mol. The van der Waals surface area contributed by atoms with Crippen LogP contribution in [0.25, 0.3) is 0 Å². The molecule has 0 atom stereocenters. The molecule has 0 N–H and O–H groups in total. The molecule has 0 aromatic carbocycles. The summed E-state index contributed by atoms with van der Waals surface area (Å²) < 4.78 is 0. The SMILES string of the molecule is O=NOC(=O)CC1CCCCCC1. The van der Waals surface area contributed by atoms with Crippen molar-refractivity contribution in [2.75, 3.05) is 0 Å². The monoisotopic (exact) mass is 185 g/mol. The highest BCUT2D eigenvalue weighted by molar-refractivity contribution is 5.69. The highest BCUT2D eigenvalue weighted by Crippen LogP contribution is 2.25. The zero-order chi connectivity index (χ0) is 9.52. The maximum atomic E-state index is 10.9. The second-order valence-corrected chi connectivity index (χ2v) is 3.60. The molecular formula is C9H15NO3. The fourth-order valence-corrected chi connectivity index (χ4v) is 1.88. The Hall–Kier alpha value is -0.930. The van der Waals surface area contributed by atoms with Gasteiger partial charge in [-0.05, 0) is 18.8 Å². The highest BCUT2D eigenvalue weighted by Gasteiger charge is 2.17. The summed E-state index contributed by atoms with van der Waals surface area (Å²) in [5.41, 5.74) is 0. The zero-order valence-electron chi connectivity index (χ0n) is 7.70. The third-order valence-corrected chi connectivity index (χ3v) is 2.57. The first-order chi connectivity index (χ1) is 6.33. The molecule has 0 aromatic heterocycles. The van der Waals surface area contributed by atoms with Crippen molar-refractivity contribution in [2.45, 2.75) is 44.9 Å². The average molecular weight is 185 g/mol. The number of hydrogen-bond donors (Lipinski definition) is 0. The average Bonchev–Trinajstić information content (AvgIpc) is 2.33. The lowest BCUT2D eigenvalue weighted by Gasteiger charge is -2.09. The number of carbonyl (C=O) groups excluding carboxylic acids is 1. The molecule has 0 heterocycles. The van der Waals surface area contributed by atoms with Crippen molar-refractivity contribution in [3.05, 3.63) is 4.91 Å². The second-order valence-electron chi connectivity index (χ2n) is 3.60. The standard InChI is InChI=1S/C9H15NO3/c11-9(13-10-12)7-8-5-3-1-2-4-6-8/h8H,1-7H2. The van der Waals surface area contributed by atoms with Gasteiger partial charge in [0.15, 0.2) is 5.34 Å². The molecule has 1 rings (SSSR count). The van der Waals surface area contributed by atoms with E-state index in [-0.39, 0.29) is 0 Å². The van der Waals surface area contributed by atoms with E-state index in [1.807, 2.05) is 0 Å². The van der Waals surface area contributed by atoms with E-state index >= 15 is 0 Å². The van der Waals surface area contributed by atoms with E-state index in [1.54, 1.807) is 0 Å². The van der Waals surface area contributed by atoms with Crippen molar-refractivity contribution in [3.63, 3.8) is 0 Å². The number of carbonyl (C=O) groups is 1. The minimum Gasteiger partial charge on any atom is -0.285 e. The molecule has 0 bridgehead atoms. The maximum Gasteiger partial charge on any atom is 0.338 e. The summed E-state index contributed by atoms with van der Waals surface area (Å²) in [6.45, 7) is 0. The molecule has 0 amide bonds. The molecule has 0 saturated heterocycles. The Morgan fingerprint density at radius 1 is 1.23 bits per heavy atom. The third-order valence-electron chi connectivity index (χ3n) is 2.57. The van der Waals surface area contributed by atoms with Crippen LogP contribution in [0.3, 0.4) is 0 Å². The fourth-order valence-electron chi connectivity index (χ4n) is 1.88. The van der Waals surface area contributed by atoms with Crippen LogP contribution in [0, 0.1) is 10.8 Å². The van der Waals surface area contributed by atoms with Crippen LogP contribution in [0.1, 0.15) is 44.9 Å². The smallest absolute Gasteiger partial charge is 0.285 e. The first kappa shape index (κ1) is 10.2. The van der Waals surface area contributed by atoms with Crippen molar-refractivity contribution in [2.24, 2.45) is 11.3 Å². The molecule has 0 radical (unpaired) electrons. The predicted molar refractivity (Wildman–Crippen MR) is 47.7 cm³/mol. The van der Waals surface area contributed by atoms with Gasteiger partial charge < -0.3 is 0 Å². The van der Waals surface area contributed by atoms with Gasteiger partial charge in [-0.3, -0.25) is 4.84 Å². The first-order valence-electron chi connectivity index (χ1n) is 4.85. The van der Waals surface area contributed by atoms with E-state index < -0.39 is 5.97 Å². The van der Waals surface area contributed by atoms with E-state index in [0.29, 0.717) is 12.3 Å². The normalized spacial score (nSPS) is 19.1. The number of nitrogens with zero attached hydrogens (tertiary/aromatic N) is 1. The minimum atomic E-state index is -0.484. The molecule has 0 spiro atoms. The van der Waals surface area contributed by atoms with Crippen molar-refractivity contribution < 1.29 is 9.63 Å². The van der Waals surface area contributed by atoms with Crippen molar-refractivity contribution >= 4 is 5.97 Å². The van der Waals surface area contributed by atoms with Gasteiger partial charge in [-0.15, -0.1) is 4.91 Å². The van der Waals surface area contributed by atoms with E-state index in [2.05, 4.69) is 10.2 Å². The Labute approximate surface area is 77.6 Å². The first-order valence-corrected chi connectivity index (χ1v) is 4.85. The number of rotatable bonds is 3. The summed E-state index contributed by atoms with van der Waals surface area (Å²) in [5, 5.41) is 2.12. The Bertz CT molecular complexity index is 174. The van der Waals surface area contributed by atoms with Gasteiger partial charge in [0.25, 0.3) is 0 Å². The minimum absolute atomic E-state index is 0.353. The molecule has 4 heteroatoms. The van der Waals surface area contributed by atoms with Crippen molar-refractivity contribution in [3.8, 4) is 0 Å². The Morgan fingerprint density at radius 2 is 1.85 bits per heavy atom. The van der Waals surface area contributed by atoms with Gasteiger partial charge in [0, 0.05) is 0 Å². The van der Waals surface area contributed by atoms with Crippen LogP contribution >= 0.6 is 0 Å². The van der Waals surface area contributed by atoms with E-state index in [4.69, 9.17) is 0 Å². The van der Waals surface area contributed by atoms with Crippen LogP contribution in [0.15, 0.2) is 5.34 Å². The Kier molecular flexibility index (Phi) is 4.43. The topological polar surface area (TPSA) is 55.7 Å². The van der Waals surface area contributed by atoms with Crippen LogP contribution in [0.2, 0.25) is 0 Å². The van der Waals surface area contributed by atoms with Crippen LogP contribution in [0.5, 0.6) is 0 Å².